The highest BCUT2D eigenvalue weighted by Crippen LogP contribution is 2.21. The molecule has 3 aliphatic heterocycles. The topological polar surface area (TPSA) is 109 Å². The molecular weight excluding hydrogens is 414 g/mol. The second-order valence-corrected chi connectivity index (χ2v) is 8.78. The summed E-state index contributed by atoms with van der Waals surface area (Å²) in [5, 5.41) is 13.0. The van der Waals surface area contributed by atoms with Gasteiger partial charge in [-0.05, 0) is 12.8 Å². The number of nitrogens with two attached hydrogens (primary N) is 1. The van der Waals surface area contributed by atoms with Gasteiger partial charge in [-0.1, -0.05) is 17.7 Å². The van der Waals surface area contributed by atoms with Gasteiger partial charge in [0.1, 0.15) is 6.04 Å². The van der Waals surface area contributed by atoms with E-state index >= 15 is 0 Å². The van der Waals surface area contributed by atoms with Gasteiger partial charge in [-0.2, -0.15) is 5.26 Å². The Labute approximate surface area is 180 Å². The van der Waals surface area contributed by atoms with Gasteiger partial charge >= 0.3 is 0 Å². The van der Waals surface area contributed by atoms with Crippen LogP contribution < -0.4 is 11.3 Å². The molecule has 2 saturated heterocycles. The molecule has 1 atom stereocenters. The number of nitriles is 1. The normalized spacial score (nSPS) is 23.2. The number of likely N-dealkylation sites (tertiary alicyclic amines) is 1. The maximum Gasteiger partial charge on any atom is 0.252 e. The van der Waals surface area contributed by atoms with Crippen molar-refractivity contribution >= 4 is 35.2 Å². The van der Waals surface area contributed by atoms with E-state index in [9.17, 15) is 9.59 Å². The Bertz CT molecular complexity index is 717. The van der Waals surface area contributed by atoms with E-state index in [0.717, 1.165) is 25.9 Å². The monoisotopic (exact) mass is 439 g/mol. The molecule has 0 aromatic rings. The van der Waals surface area contributed by atoms with Gasteiger partial charge in [-0.25, -0.2) is 5.01 Å². The number of hydrogen-bond donors (Lipinski definition) is 2. The molecule has 3 heterocycles. The largest absolute Gasteiger partial charge is 0.315 e. The zero-order valence-corrected chi connectivity index (χ0v) is 17.7. The number of nitrogens with zero attached hydrogens (tertiary/aromatic N) is 5. The Kier molecular flexibility index (Phi) is 7.80. The van der Waals surface area contributed by atoms with Crippen LogP contribution >= 0.6 is 23.4 Å². The van der Waals surface area contributed by atoms with E-state index in [4.69, 9.17) is 22.7 Å². The molecular formula is C18H26ClN7O2S. The summed E-state index contributed by atoms with van der Waals surface area (Å²) >= 11 is 7.56. The lowest BCUT2D eigenvalue weighted by atomic mass is 10.0. The van der Waals surface area contributed by atoms with E-state index in [1.54, 1.807) is 39.1 Å². The fourth-order valence-corrected chi connectivity index (χ4v) is 4.86. The quantitative estimate of drug-likeness (QED) is 0.451. The Hall–Kier alpha value is -1.77. The Balaban J connectivity index is 1.39. The highest BCUT2D eigenvalue weighted by Gasteiger charge is 2.31. The van der Waals surface area contributed by atoms with Gasteiger partial charge in [0.25, 0.3) is 5.91 Å². The number of nitrogens with one attached hydrogen (secondary N) is 1. The first-order valence-electron chi connectivity index (χ1n) is 9.57. The zero-order valence-electron chi connectivity index (χ0n) is 16.2. The van der Waals surface area contributed by atoms with Crippen molar-refractivity contribution in [3.05, 3.63) is 23.5 Å². The van der Waals surface area contributed by atoms with Crippen molar-refractivity contribution in [2.24, 2.45) is 5.84 Å². The molecule has 0 aromatic heterocycles. The van der Waals surface area contributed by atoms with Crippen LogP contribution in [0.2, 0.25) is 0 Å². The number of hydrazine groups is 2. The van der Waals surface area contributed by atoms with Crippen LogP contribution in [0.5, 0.6) is 0 Å². The van der Waals surface area contributed by atoms with Crippen LogP contribution in [0.4, 0.5) is 0 Å². The van der Waals surface area contributed by atoms with E-state index in [1.807, 2.05) is 6.08 Å². The van der Waals surface area contributed by atoms with Crippen molar-refractivity contribution in [2.45, 2.75) is 31.3 Å². The highest BCUT2D eigenvalue weighted by molar-refractivity contribution is 7.99. The molecule has 3 N–H and O–H groups in total. The van der Waals surface area contributed by atoms with Crippen LogP contribution in [0.15, 0.2) is 23.5 Å². The molecule has 2 amide bonds. The van der Waals surface area contributed by atoms with Crippen LogP contribution in [0.25, 0.3) is 0 Å². The fraction of sp³-hybridized carbons (Fsp3) is 0.611. The minimum Gasteiger partial charge on any atom is -0.315 e. The predicted octanol–water partition coefficient (Wildman–Crippen LogP) is 0.382. The van der Waals surface area contributed by atoms with Crippen molar-refractivity contribution in [2.75, 3.05) is 37.8 Å². The first kappa shape index (κ1) is 21.9. The second-order valence-electron chi connectivity index (χ2n) is 7.30. The Morgan fingerprint density at radius 1 is 1.41 bits per heavy atom. The van der Waals surface area contributed by atoms with Gasteiger partial charge in [0.15, 0.2) is 0 Å². The first-order valence-corrected chi connectivity index (χ1v) is 11.1. The number of rotatable bonds is 6. The van der Waals surface area contributed by atoms with Crippen molar-refractivity contribution < 1.29 is 9.59 Å². The molecule has 2 fully saturated rings. The number of carbonyl (C=O) groups excluding carboxylic acids is 2. The van der Waals surface area contributed by atoms with Crippen molar-refractivity contribution in [3.63, 3.8) is 0 Å². The van der Waals surface area contributed by atoms with Crippen molar-refractivity contribution in [3.8, 4) is 6.07 Å². The molecule has 11 heteroatoms. The molecule has 158 valence electrons. The number of allylic oxidation sites excluding steroid dienone is 2. The van der Waals surface area contributed by atoms with Crippen LogP contribution in [0, 0.1) is 11.3 Å². The molecule has 0 saturated carbocycles. The van der Waals surface area contributed by atoms with Crippen molar-refractivity contribution in [1.29, 1.82) is 5.26 Å². The van der Waals surface area contributed by atoms with Gasteiger partial charge in [0.2, 0.25) is 5.91 Å². The third kappa shape index (κ3) is 6.10. The molecule has 0 radical (unpaired) electrons. The summed E-state index contributed by atoms with van der Waals surface area (Å²) in [5.41, 5.74) is 2.79. The number of thioether (sulfide) groups is 1. The lowest BCUT2D eigenvalue weighted by Gasteiger charge is -2.36. The first-order chi connectivity index (χ1) is 14.0. The molecule has 0 aromatic carbocycles. The van der Waals surface area contributed by atoms with Gasteiger partial charge < -0.3 is 4.90 Å². The van der Waals surface area contributed by atoms with Crippen LogP contribution in [-0.2, 0) is 9.59 Å². The number of piperidine rings is 1. The number of amides is 2. The smallest absolute Gasteiger partial charge is 0.252 e. The highest BCUT2D eigenvalue weighted by atomic mass is 35.5. The summed E-state index contributed by atoms with van der Waals surface area (Å²) in [6.07, 6.45) is 7.57. The molecule has 0 bridgehead atoms. The van der Waals surface area contributed by atoms with Crippen LogP contribution in [0.1, 0.15) is 19.3 Å². The average Bonchev–Trinajstić information content (AvgIpc) is 3.17. The molecule has 0 aliphatic carbocycles. The maximum atomic E-state index is 12.4. The molecule has 3 aliphatic rings. The van der Waals surface area contributed by atoms with Crippen LogP contribution in [-0.4, -0.2) is 81.5 Å². The van der Waals surface area contributed by atoms with Gasteiger partial charge in [0.05, 0.1) is 25.0 Å². The fourth-order valence-electron chi connectivity index (χ4n) is 3.56. The third-order valence-corrected chi connectivity index (χ3v) is 6.44. The predicted molar refractivity (Wildman–Crippen MR) is 112 cm³/mol. The zero-order chi connectivity index (χ0) is 20.8. The van der Waals surface area contributed by atoms with E-state index in [0.29, 0.717) is 29.6 Å². The lowest BCUT2D eigenvalue weighted by Crippen LogP contribution is -2.53. The Morgan fingerprint density at radius 3 is 2.86 bits per heavy atom. The Morgan fingerprint density at radius 2 is 2.17 bits per heavy atom. The van der Waals surface area contributed by atoms with E-state index in [2.05, 4.69) is 16.4 Å². The summed E-state index contributed by atoms with van der Waals surface area (Å²) in [6, 6.07) is 1.89. The molecule has 3 rings (SSSR count). The average molecular weight is 440 g/mol. The van der Waals surface area contributed by atoms with Gasteiger partial charge in [0, 0.05) is 48.7 Å². The van der Waals surface area contributed by atoms with Gasteiger partial charge in [-0.15, -0.1) is 11.8 Å². The molecule has 0 unspecified atom stereocenters. The summed E-state index contributed by atoms with van der Waals surface area (Å²) in [6.45, 7) is 1.86. The lowest BCUT2D eigenvalue weighted by molar-refractivity contribution is -0.132. The van der Waals surface area contributed by atoms with Crippen LogP contribution in [0.3, 0.4) is 0 Å². The van der Waals surface area contributed by atoms with E-state index < -0.39 is 0 Å². The van der Waals surface area contributed by atoms with Gasteiger partial charge in [-0.3, -0.25) is 30.8 Å². The minimum atomic E-state index is -0.360. The van der Waals surface area contributed by atoms with E-state index in [1.165, 1.54) is 0 Å². The molecule has 29 heavy (non-hydrogen) atoms. The number of halogens is 1. The summed E-state index contributed by atoms with van der Waals surface area (Å²) in [7, 11) is 0. The van der Waals surface area contributed by atoms with Crippen molar-refractivity contribution in [1.82, 2.24) is 25.2 Å². The summed E-state index contributed by atoms with van der Waals surface area (Å²) in [4.78, 5) is 28.4. The summed E-state index contributed by atoms with van der Waals surface area (Å²) < 4.78 is 0. The third-order valence-electron chi connectivity index (χ3n) is 5.17. The maximum absolute atomic E-state index is 12.4. The second kappa shape index (κ2) is 10.3. The number of carbonyl (C=O) groups is 2. The number of hydrogen-bond acceptors (Lipinski definition) is 8. The molecule has 9 nitrogen and oxygen atoms in total. The minimum absolute atomic E-state index is 0.0841. The standard InChI is InChI=1S/C18H26ClN7O2S/c19-14-2-1-5-24(9-14)22-17(27)10-23-6-3-15(4-7-23)26(21)11-18(28)25-13-29-12-16(25)8-20/h1,5,9,15-16H,2-4,6-7,10-13,21H2,(H,22,27)/t16-/m1/s1. The SMILES string of the molecule is N#C[C@@H]1CSCN1C(=O)CN(N)C1CCN(CC(=O)NN2C=CCC(Cl)=C2)CC1. The van der Waals surface area contributed by atoms with E-state index in [-0.39, 0.29) is 30.4 Å². The summed E-state index contributed by atoms with van der Waals surface area (Å²) in [5.74, 6) is 7.14. The molecule has 0 spiro atoms.